The summed E-state index contributed by atoms with van der Waals surface area (Å²) in [5.41, 5.74) is 0.168. The molecule has 1 saturated heterocycles. The molecule has 3 heterocycles. The smallest absolute Gasteiger partial charge is 0.409 e. The number of nitrogens with one attached hydrogen (secondary N) is 1. The molecule has 0 unspecified atom stereocenters. The van der Waals surface area contributed by atoms with E-state index in [-0.39, 0.29) is 17.5 Å². The SMILES string of the molecule is CCOC(=O)N1CCC(C)(NC(=O)c2cn3c(n2)CN(C2CCC2)CC3)CC1. The monoisotopic (exact) mass is 389 g/mol. The van der Waals surface area contributed by atoms with Gasteiger partial charge in [0.2, 0.25) is 0 Å². The summed E-state index contributed by atoms with van der Waals surface area (Å²) in [5.74, 6) is 0.870. The number of aromatic nitrogens is 2. The fraction of sp³-hybridized carbons (Fsp3) is 0.750. The average molecular weight is 390 g/mol. The number of likely N-dealkylation sites (tertiary alicyclic amines) is 1. The highest BCUT2D eigenvalue weighted by Gasteiger charge is 2.35. The Morgan fingerprint density at radius 2 is 2.00 bits per heavy atom. The summed E-state index contributed by atoms with van der Waals surface area (Å²) < 4.78 is 7.19. The Hall–Kier alpha value is -2.09. The summed E-state index contributed by atoms with van der Waals surface area (Å²) in [6.07, 6.45) is 6.94. The normalized spacial score (nSPS) is 22.3. The van der Waals surface area contributed by atoms with Crippen molar-refractivity contribution >= 4 is 12.0 Å². The number of ether oxygens (including phenoxy) is 1. The third-order valence-electron chi connectivity index (χ3n) is 6.46. The number of imidazole rings is 1. The molecular formula is C20H31N5O3. The molecule has 3 aliphatic rings. The highest BCUT2D eigenvalue weighted by atomic mass is 16.6. The summed E-state index contributed by atoms with van der Waals surface area (Å²) in [7, 11) is 0. The van der Waals surface area contributed by atoms with Crippen molar-refractivity contribution in [3.63, 3.8) is 0 Å². The van der Waals surface area contributed by atoms with Crippen molar-refractivity contribution in [2.45, 2.75) is 70.6 Å². The molecular weight excluding hydrogens is 358 g/mol. The minimum atomic E-state index is -0.331. The van der Waals surface area contributed by atoms with Gasteiger partial charge in [-0.05, 0) is 39.5 Å². The van der Waals surface area contributed by atoms with E-state index in [0.717, 1.165) is 25.5 Å². The standard InChI is InChI=1S/C20H31N5O3/c1-3-28-19(27)23-9-7-20(2,8-10-23)22-18(26)16-13-25-12-11-24(14-17(25)21-16)15-5-4-6-15/h13,15H,3-12,14H2,1-2H3,(H,22,26). The molecule has 8 nitrogen and oxygen atoms in total. The van der Waals surface area contributed by atoms with Gasteiger partial charge in [-0.1, -0.05) is 6.42 Å². The van der Waals surface area contributed by atoms with Gasteiger partial charge in [0.15, 0.2) is 0 Å². The quantitative estimate of drug-likeness (QED) is 0.852. The number of amides is 2. The van der Waals surface area contributed by atoms with Gasteiger partial charge >= 0.3 is 6.09 Å². The van der Waals surface area contributed by atoms with Crippen LogP contribution in [0.3, 0.4) is 0 Å². The second-order valence-corrected chi connectivity index (χ2v) is 8.49. The van der Waals surface area contributed by atoms with E-state index in [0.29, 0.717) is 44.3 Å². The van der Waals surface area contributed by atoms with Gasteiger partial charge in [0.1, 0.15) is 11.5 Å². The summed E-state index contributed by atoms with van der Waals surface area (Å²) >= 11 is 0. The van der Waals surface area contributed by atoms with Gasteiger partial charge in [-0.3, -0.25) is 9.69 Å². The van der Waals surface area contributed by atoms with E-state index < -0.39 is 0 Å². The topological polar surface area (TPSA) is 79.7 Å². The van der Waals surface area contributed by atoms with Crippen molar-refractivity contribution < 1.29 is 14.3 Å². The molecule has 0 bridgehead atoms. The zero-order chi connectivity index (χ0) is 19.7. The number of piperidine rings is 1. The van der Waals surface area contributed by atoms with Crippen LogP contribution in [-0.4, -0.2) is 69.2 Å². The fourth-order valence-corrected chi connectivity index (χ4v) is 4.30. The molecule has 2 fully saturated rings. The van der Waals surface area contributed by atoms with E-state index in [1.807, 2.05) is 20.0 Å². The average Bonchev–Trinajstić information content (AvgIpc) is 3.04. The largest absolute Gasteiger partial charge is 0.450 e. The third kappa shape index (κ3) is 3.87. The lowest BCUT2D eigenvalue weighted by atomic mass is 9.89. The van der Waals surface area contributed by atoms with Crippen LogP contribution in [0.2, 0.25) is 0 Å². The van der Waals surface area contributed by atoms with Gasteiger partial charge in [-0.25, -0.2) is 9.78 Å². The molecule has 8 heteroatoms. The number of rotatable bonds is 4. The Morgan fingerprint density at radius 1 is 1.25 bits per heavy atom. The first kappa shape index (κ1) is 19.2. The highest BCUT2D eigenvalue weighted by Crippen LogP contribution is 2.28. The molecule has 0 radical (unpaired) electrons. The molecule has 0 aromatic carbocycles. The van der Waals surface area contributed by atoms with Gasteiger partial charge in [0.25, 0.3) is 5.91 Å². The van der Waals surface area contributed by atoms with E-state index >= 15 is 0 Å². The number of hydrogen-bond acceptors (Lipinski definition) is 5. The maximum atomic E-state index is 12.8. The molecule has 1 saturated carbocycles. The predicted octanol–water partition coefficient (Wildman–Crippen LogP) is 1.99. The first-order valence-corrected chi connectivity index (χ1v) is 10.5. The van der Waals surface area contributed by atoms with Crippen LogP contribution in [0.25, 0.3) is 0 Å². The molecule has 2 amide bonds. The van der Waals surface area contributed by atoms with Gasteiger partial charge in [0.05, 0.1) is 13.2 Å². The first-order chi connectivity index (χ1) is 13.5. The van der Waals surface area contributed by atoms with Crippen molar-refractivity contribution in [2.75, 3.05) is 26.2 Å². The first-order valence-electron chi connectivity index (χ1n) is 10.5. The fourth-order valence-electron chi connectivity index (χ4n) is 4.30. The number of hydrogen-bond donors (Lipinski definition) is 1. The Kier molecular flexibility index (Phi) is 5.31. The van der Waals surface area contributed by atoms with Gasteiger partial charge in [-0.2, -0.15) is 0 Å². The number of carbonyl (C=O) groups excluding carboxylic acids is 2. The summed E-state index contributed by atoms with van der Waals surface area (Å²) in [6.45, 7) is 8.19. The van der Waals surface area contributed by atoms with Crippen LogP contribution in [0.5, 0.6) is 0 Å². The maximum Gasteiger partial charge on any atom is 0.409 e. The second kappa shape index (κ2) is 7.73. The maximum absolute atomic E-state index is 12.8. The minimum absolute atomic E-state index is 0.121. The number of nitrogens with zero attached hydrogens (tertiary/aromatic N) is 4. The van der Waals surface area contributed by atoms with Gasteiger partial charge < -0.3 is 19.5 Å². The molecule has 4 rings (SSSR count). The molecule has 0 atom stereocenters. The van der Waals surface area contributed by atoms with Crippen molar-refractivity contribution in [1.29, 1.82) is 0 Å². The van der Waals surface area contributed by atoms with Crippen molar-refractivity contribution in [3.8, 4) is 0 Å². The van der Waals surface area contributed by atoms with Crippen LogP contribution in [-0.2, 0) is 17.8 Å². The summed E-state index contributed by atoms with van der Waals surface area (Å²) in [6, 6.07) is 0.700. The molecule has 1 aliphatic carbocycles. The molecule has 28 heavy (non-hydrogen) atoms. The Morgan fingerprint density at radius 3 is 2.64 bits per heavy atom. The molecule has 2 aliphatic heterocycles. The Balaban J connectivity index is 1.34. The number of fused-ring (bicyclic) bond motifs is 1. The number of carbonyl (C=O) groups is 2. The molecule has 1 aromatic rings. The van der Waals surface area contributed by atoms with Crippen LogP contribution in [0.4, 0.5) is 4.79 Å². The van der Waals surface area contributed by atoms with E-state index in [1.54, 1.807) is 4.90 Å². The van der Waals surface area contributed by atoms with Crippen LogP contribution in [0.15, 0.2) is 6.20 Å². The Bertz CT molecular complexity index is 734. The highest BCUT2D eigenvalue weighted by molar-refractivity contribution is 5.92. The van der Waals surface area contributed by atoms with Gasteiger partial charge in [0, 0.05) is 44.0 Å². The lowest BCUT2D eigenvalue weighted by molar-refractivity contribution is 0.0742. The predicted molar refractivity (Wildman–Crippen MR) is 104 cm³/mol. The minimum Gasteiger partial charge on any atom is -0.450 e. The van der Waals surface area contributed by atoms with Crippen molar-refractivity contribution in [3.05, 3.63) is 17.7 Å². The second-order valence-electron chi connectivity index (χ2n) is 8.49. The van der Waals surface area contributed by atoms with E-state index in [9.17, 15) is 9.59 Å². The van der Waals surface area contributed by atoms with Crippen LogP contribution < -0.4 is 5.32 Å². The van der Waals surface area contributed by atoms with Crippen molar-refractivity contribution in [1.82, 2.24) is 24.7 Å². The molecule has 154 valence electrons. The van der Waals surface area contributed by atoms with E-state index in [4.69, 9.17) is 4.74 Å². The lowest BCUT2D eigenvalue weighted by Crippen LogP contribution is -2.54. The van der Waals surface area contributed by atoms with Crippen molar-refractivity contribution in [2.24, 2.45) is 0 Å². The van der Waals surface area contributed by atoms with Crippen LogP contribution in [0.1, 0.15) is 62.3 Å². The zero-order valence-corrected chi connectivity index (χ0v) is 16.9. The Labute approximate surface area is 166 Å². The van der Waals surface area contributed by atoms with Crippen LogP contribution in [0, 0.1) is 0 Å². The third-order valence-corrected chi connectivity index (χ3v) is 6.46. The lowest BCUT2D eigenvalue weighted by Gasteiger charge is -2.39. The van der Waals surface area contributed by atoms with Gasteiger partial charge in [-0.15, -0.1) is 0 Å². The molecule has 1 N–H and O–H groups in total. The summed E-state index contributed by atoms with van der Waals surface area (Å²) in [5, 5.41) is 3.16. The zero-order valence-electron chi connectivity index (χ0n) is 16.9. The van der Waals surface area contributed by atoms with Crippen LogP contribution >= 0.6 is 0 Å². The van der Waals surface area contributed by atoms with E-state index in [2.05, 4.69) is 19.8 Å². The van der Waals surface area contributed by atoms with E-state index in [1.165, 1.54) is 19.3 Å². The molecule has 0 spiro atoms. The molecule has 1 aromatic heterocycles. The summed E-state index contributed by atoms with van der Waals surface area (Å²) in [4.78, 5) is 33.5.